The van der Waals surface area contributed by atoms with Crippen molar-refractivity contribution in [2.75, 3.05) is 25.6 Å². The van der Waals surface area contributed by atoms with Gasteiger partial charge in [-0.1, -0.05) is 0 Å². The number of amides is 1. The average molecular weight is 349 g/mol. The molecule has 0 aliphatic rings. The lowest BCUT2D eigenvalue weighted by molar-refractivity contribution is -0.118. The Labute approximate surface area is 144 Å². The van der Waals surface area contributed by atoms with E-state index in [1.54, 1.807) is 51.3 Å². The Morgan fingerprint density at radius 2 is 1.83 bits per heavy atom. The number of ether oxygens (including phenoxy) is 3. The Morgan fingerprint density at radius 3 is 2.46 bits per heavy atom. The summed E-state index contributed by atoms with van der Waals surface area (Å²) < 4.78 is 15.4. The van der Waals surface area contributed by atoms with Crippen molar-refractivity contribution in [2.24, 2.45) is 0 Å². The van der Waals surface area contributed by atoms with E-state index >= 15 is 0 Å². The van der Waals surface area contributed by atoms with E-state index in [1.165, 1.54) is 11.3 Å². The van der Waals surface area contributed by atoms with E-state index in [-0.39, 0.29) is 18.5 Å². The zero-order chi connectivity index (χ0) is 17.5. The van der Waals surface area contributed by atoms with E-state index in [1.807, 2.05) is 0 Å². The second-order valence-electron chi connectivity index (χ2n) is 4.86. The van der Waals surface area contributed by atoms with E-state index in [9.17, 15) is 9.59 Å². The minimum atomic E-state index is -0.380. The van der Waals surface area contributed by atoms with Gasteiger partial charge in [0.25, 0.3) is 5.91 Å². The minimum absolute atomic E-state index is 0.127. The van der Waals surface area contributed by atoms with Crippen molar-refractivity contribution in [3.05, 3.63) is 40.8 Å². The molecule has 0 saturated heterocycles. The fourth-order valence-corrected chi connectivity index (χ4v) is 2.92. The normalized spacial score (nSPS) is 10.1. The third-order valence-corrected chi connectivity index (χ3v) is 4.20. The van der Waals surface area contributed by atoms with Crippen LogP contribution in [0.5, 0.6) is 11.5 Å². The van der Waals surface area contributed by atoms with E-state index in [0.717, 1.165) is 5.56 Å². The van der Waals surface area contributed by atoms with Crippen LogP contribution in [0.4, 0.5) is 5.00 Å². The number of thiophene rings is 1. The molecule has 2 aromatic rings. The molecule has 0 fully saturated rings. The summed E-state index contributed by atoms with van der Waals surface area (Å²) in [4.78, 5) is 24.2. The molecule has 0 bridgehead atoms. The van der Waals surface area contributed by atoms with Gasteiger partial charge in [-0.25, -0.2) is 4.79 Å². The summed E-state index contributed by atoms with van der Waals surface area (Å²) in [7, 11) is 1.58. The zero-order valence-corrected chi connectivity index (χ0v) is 14.6. The van der Waals surface area contributed by atoms with E-state index in [0.29, 0.717) is 28.0 Å². The van der Waals surface area contributed by atoms with Crippen LogP contribution in [0.2, 0.25) is 0 Å². The lowest BCUT2D eigenvalue weighted by Crippen LogP contribution is -2.19. The molecule has 7 heteroatoms. The van der Waals surface area contributed by atoms with Crippen LogP contribution in [0.3, 0.4) is 0 Å². The summed E-state index contributed by atoms with van der Waals surface area (Å²) in [5, 5.41) is 3.30. The number of esters is 1. The largest absolute Gasteiger partial charge is 0.497 e. The molecule has 2 rings (SSSR count). The molecule has 0 aliphatic heterocycles. The van der Waals surface area contributed by atoms with Gasteiger partial charge in [0.1, 0.15) is 16.4 Å². The first-order valence-corrected chi connectivity index (χ1v) is 8.19. The predicted octanol–water partition coefficient (Wildman–Crippen LogP) is 3.26. The molecule has 128 valence electrons. The van der Waals surface area contributed by atoms with Crippen LogP contribution < -0.4 is 14.8 Å². The number of rotatable bonds is 7. The molecule has 0 aliphatic carbocycles. The highest BCUT2D eigenvalue weighted by atomic mass is 32.1. The van der Waals surface area contributed by atoms with Crippen LogP contribution in [0.25, 0.3) is 0 Å². The van der Waals surface area contributed by atoms with Crippen molar-refractivity contribution >= 4 is 28.2 Å². The molecule has 1 aromatic carbocycles. The standard InChI is InChI=1S/C17H19NO5S/c1-4-22-17(20)16-11(2)9-15(24-16)18-14(19)10-23-13-7-5-12(21-3)6-8-13/h5-9H,4,10H2,1-3H3,(H,18,19). The molecule has 24 heavy (non-hydrogen) atoms. The number of hydrogen-bond donors (Lipinski definition) is 1. The van der Waals surface area contributed by atoms with Crippen molar-refractivity contribution in [3.8, 4) is 11.5 Å². The van der Waals surface area contributed by atoms with Gasteiger partial charge >= 0.3 is 5.97 Å². The third-order valence-electron chi connectivity index (χ3n) is 3.07. The number of carbonyl (C=O) groups is 2. The summed E-state index contributed by atoms with van der Waals surface area (Å²) in [6, 6.07) is 8.69. The van der Waals surface area contributed by atoms with Gasteiger partial charge in [0.2, 0.25) is 0 Å². The van der Waals surface area contributed by atoms with Crippen LogP contribution in [0.15, 0.2) is 30.3 Å². The van der Waals surface area contributed by atoms with Gasteiger partial charge in [-0.15, -0.1) is 11.3 Å². The van der Waals surface area contributed by atoms with Crippen LogP contribution in [0.1, 0.15) is 22.2 Å². The highest BCUT2D eigenvalue weighted by Gasteiger charge is 2.16. The van der Waals surface area contributed by atoms with Gasteiger partial charge in [-0.2, -0.15) is 0 Å². The molecule has 0 unspecified atom stereocenters. The fraction of sp³-hybridized carbons (Fsp3) is 0.294. The molecule has 6 nitrogen and oxygen atoms in total. The Hall–Kier alpha value is -2.54. The van der Waals surface area contributed by atoms with E-state index in [2.05, 4.69) is 5.32 Å². The average Bonchev–Trinajstić information content (AvgIpc) is 2.94. The molecule has 0 saturated carbocycles. The summed E-state index contributed by atoms with van der Waals surface area (Å²) in [5.74, 6) is 0.602. The molecular weight excluding hydrogens is 330 g/mol. The lowest BCUT2D eigenvalue weighted by atomic mass is 10.3. The highest BCUT2D eigenvalue weighted by Crippen LogP contribution is 2.27. The first-order chi connectivity index (χ1) is 11.5. The smallest absolute Gasteiger partial charge is 0.348 e. The first-order valence-electron chi connectivity index (χ1n) is 7.37. The van der Waals surface area contributed by atoms with Crippen molar-refractivity contribution in [1.82, 2.24) is 0 Å². The number of nitrogens with one attached hydrogen (secondary N) is 1. The summed E-state index contributed by atoms with van der Waals surface area (Å²) in [5.41, 5.74) is 0.768. The number of anilines is 1. The molecule has 0 atom stereocenters. The van der Waals surface area contributed by atoms with Gasteiger partial charge < -0.3 is 19.5 Å². The van der Waals surface area contributed by atoms with E-state index < -0.39 is 0 Å². The van der Waals surface area contributed by atoms with Gasteiger partial charge in [0.15, 0.2) is 6.61 Å². The fourth-order valence-electron chi connectivity index (χ4n) is 1.94. The van der Waals surface area contributed by atoms with Crippen molar-refractivity contribution in [3.63, 3.8) is 0 Å². The van der Waals surface area contributed by atoms with Crippen LogP contribution in [0, 0.1) is 6.92 Å². The van der Waals surface area contributed by atoms with Crippen molar-refractivity contribution < 1.29 is 23.8 Å². The summed E-state index contributed by atoms with van der Waals surface area (Å²) in [6.07, 6.45) is 0. The summed E-state index contributed by atoms with van der Waals surface area (Å²) in [6.45, 7) is 3.73. The maximum atomic E-state index is 12.0. The first kappa shape index (κ1) is 17.8. The Bertz CT molecular complexity index is 708. The Morgan fingerprint density at radius 1 is 1.17 bits per heavy atom. The third kappa shape index (κ3) is 4.73. The number of aryl methyl sites for hydroxylation is 1. The van der Waals surface area contributed by atoms with Gasteiger partial charge in [-0.05, 0) is 49.7 Å². The molecular formula is C17H19NO5S. The van der Waals surface area contributed by atoms with Crippen molar-refractivity contribution in [2.45, 2.75) is 13.8 Å². The molecule has 0 spiro atoms. The second-order valence-corrected chi connectivity index (χ2v) is 5.91. The van der Waals surface area contributed by atoms with Crippen molar-refractivity contribution in [1.29, 1.82) is 0 Å². The second kappa shape index (κ2) is 8.35. The minimum Gasteiger partial charge on any atom is -0.497 e. The van der Waals surface area contributed by atoms with E-state index in [4.69, 9.17) is 14.2 Å². The molecule has 0 radical (unpaired) electrons. The monoisotopic (exact) mass is 349 g/mol. The van der Waals surface area contributed by atoms with Gasteiger partial charge in [0, 0.05) is 0 Å². The quantitative estimate of drug-likeness (QED) is 0.777. The number of carbonyl (C=O) groups excluding carboxylic acids is 2. The highest BCUT2D eigenvalue weighted by molar-refractivity contribution is 7.18. The Kier molecular flexibility index (Phi) is 6.20. The molecule has 1 amide bonds. The molecule has 1 heterocycles. The topological polar surface area (TPSA) is 73.9 Å². The summed E-state index contributed by atoms with van der Waals surface area (Å²) >= 11 is 1.18. The lowest BCUT2D eigenvalue weighted by Gasteiger charge is -2.07. The number of methoxy groups -OCH3 is 1. The van der Waals surface area contributed by atoms with Crippen LogP contribution in [-0.2, 0) is 9.53 Å². The number of hydrogen-bond acceptors (Lipinski definition) is 6. The zero-order valence-electron chi connectivity index (χ0n) is 13.8. The predicted molar refractivity (Wildman–Crippen MR) is 92.1 cm³/mol. The molecule has 1 N–H and O–H groups in total. The van der Waals surface area contributed by atoms with Crippen LogP contribution >= 0.6 is 11.3 Å². The molecule has 1 aromatic heterocycles. The van der Waals surface area contributed by atoms with Gasteiger partial charge in [-0.3, -0.25) is 4.79 Å². The maximum absolute atomic E-state index is 12.0. The van der Waals surface area contributed by atoms with Gasteiger partial charge in [0.05, 0.1) is 18.7 Å². The SMILES string of the molecule is CCOC(=O)c1sc(NC(=O)COc2ccc(OC)cc2)cc1C. The maximum Gasteiger partial charge on any atom is 0.348 e. The number of benzene rings is 1. The van der Waals surface area contributed by atoms with Crippen LogP contribution in [-0.4, -0.2) is 32.2 Å². The Balaban J connectivity index is 1.90.